The maximum atomic E-state index is 13.7. The van der Waals surface area contributed by atoms with Gasteiger partial charge in [-0.25, -0.2) is 14.4 Å². The van der Waals surface area contributed by atoms with E-state index in [1.165, 1.54) is 30.9 Å². The first-order valence-corrected chi connectivity index (χ1v) is 10.7. The molecule has 0 saturated heterocycles. The third kappa shape index (κ3) is 5.95. The number of ketones is 1. The van der Waals surface area contributed by atoms with Crippen molar-refractivity contribution in [3.05, 3.63) is 71.7 Å². The van der Waals surface area contributed by atoms with Crippen LogP contribution >= 0.6 is 0 Å². The zero-order valence-electron chi connectivity index (χ0n) is 18.2. The average molecular weight is 494 g/mol. The summed E-state index contributed by atoms with van der Waals surface area (Å²) in [6, 6.07) is 4.51. The second kappa shape index (κ2) is 10.0. The van der Waals surface area contributed by atoms with Crippen LogP contribution in [0, 0.1) is 11.7 Å². The molecule has 3 atom stereocenters. The van der Waals surface area contributed by atoms with Gasteiger partial charge in [0.2, 0.25) is 0 Å². The van der Waals surface area contributed by atoms with Gasteiger partial charge in [0.1, 0.15) is 12.1 Å². The van der Waals surface area contributed by atoms with Crippen LogP contribution in [-0.4, -0.2) is 55.6 Å². The summed E-state index contributed by atoms with van der Waals surface area (Å²) in [5, 5.41) is 22.5. The van der Waals surface area contributed by atoms with E-state index in [0.717, 1.165) is 12.1 Å². The van der Waals surface area contributed by atoms with Crippen LogP contribution in [0.5, 0.6) is 5.75 Å². The monoisotopic (exact) mass is 494 g/mol. The van der Waals surface area contributed by atoms with Gasteiger partial charge < -0.3 is 24.8 Å². The molecule has 1 saturated carbocycles. The molecule has 3 N–H and O–H groups in total. The number of hydrogen-bond donors (Lipinski definition) is 3. The molecule has 1 aromatic carbocycles. The van der Waals surface area contributed by atoms with Gasteiger partial charge in [0.15, 0.2) is 17.3 Å². The number of halogens is 4. The van der Waals surface area contributed by atoms with Crippen LogP contribution in [0.4, 0.5) is 23.4 Å². The highest BCUT2D eigenvalue weighted by Crippen LogP contribution is 2.29. The summed E-state index contributed by atoms with van der Waals surface area (Å²) in [6.07, 6.45) is 0.969. The molecular weight excluding hydrogens is 472 g/mol. The number of aliphatic hydroxyl groups is 2. The fourth-order valence-electron chi connectivity index (χ4n) is 4.11. The van der Waals surface area contributed by atoms with E-state index in [1.54, 1.807) is 10.8 Å². The highest BCUT2D eigenvalue weighted by atomic mass is 19.4. The molecule has 0 spiro atoms. The number of carbonyl (C=O) groups is 1. The Kier molecular flexibility index (Phi) is 7.03. The van der Waals surface area contributed by atoms with Crippen molar-refractivity contribution in [2.24, 2.45) is 5.92 Å². The van der Waals surface area contributed by atoms with Crippen molar-refractivity contribution < 1.29 is 37.3 Å². The number of aromatic nitrogens is 3. The Morgan fingerprint density at radius 1 is 1.26 bits per heavy atom. The molecule has 1 fully saturated rings. The molecule has 0 amide bonds. The minimum atomic E-state index is -5.02. The first-order chi connectivity index (χ1) is 16.6. The Bertz CT molecular complexity index is 1200. The molecule has 8 nitrogen and oxygen atoms in total. The second-order valence-electron chi connectivity index (χ2n) is 8.32. The Morgan fingerprint density at radius 2 is 2.06 bits per heavy atom. The number of hydrogen-bond acceptors (Lipinski definition) is 7. The van der Waals surface area contributed by atoms with Crippen LogP contribution in [0.3, 0.4) is 0 Å². The van der Waals surface area contributed by atoms with Crippen molar-refractivity contribution in [1.82, 2.24) is 14.5 Å². The predicted molar refractivity (Wildman–Crippen MR) is 115 cm³/mol. The van der Waals surface area contributed by atoms with Gasteiger partial charge in [-0.2, -0.15) is 0 Å². The van der Waals surface area contributed by atoms with Gasteiger partial charge in [-0.15, -0.1) is 13.2 Å². The van der Waals surface area contributed by atoms with E-state index >= 15 is 0 Å². The molecule has 1 aliphatic carbocycles. The maximum Gasteiger partial charge on any atom is 0.573 e. The standard InChI is InChI=1S/C23H22F4N4O4/c24-18-2-1-13(5-20(18)35-23(25,26)27)9-31-4-3-14(10-31)21(34)17-8-28-12-29-22(17)30-16-6-15(11-32)19(33)7-16/h1-5,8,10,12,15-16,19,32-33H,6-7,9,11H2,(H,28,29,30)/t15-,16-,19+/m1/s1. The summed E-state index contributed by atoms with van der Waals surface area (Å²) < 4.78 is 56.4. The Labute approximate surface area is 197 Å². The zero-order valence-corrected chi connectivity index (χ0v) is 18.2. The highest BCUT2D eigenvalue weighted by Gasteiger charge is 2.34. The molecular formula is C23H22F4N4O4. The summed E-state index contributed by atoms with van der Waals surface area (Å²) in [7, 11) is 0. The Hall–Kier alpha value is -3.51. The topological polar surface area (TPSA) is 110 Å². The summed E-state index contributed by atoms with van der Waals surface area (Å²) in [5.74, 6) is -2.42. The maximum absolute atomic E-state index is 13.7. The zero-order chi connectivity index (χ0) is 25.2. The molecule has 4 rings (SSSR count). The fourth-order valence-corrected chi connectivity index (χ4v) is 4.11. The third-order valence-corrected chi connectivity index (χ3v) is 5.79. The van der Waals surface area contributed by atoms with Gasteiger partial charge >= 0.3 is 6.36 Å². The van der Waals surface area contributed by atoms with Gasteiger partial charge in [-0.05, 0) is 36.6 Å². The van der Waals surface area contributed by atoms with E-state index in [0.29, 0.717) is 24.2 Å². The van der Waals surface area contributed by atoms with Crippen molar-refractivity contribution in [2.45, 2.75) is 37.9 Å². The van der Waals surface area contributed by atoms with Gasteiger partial charge in [0, 0.05) is 49.3 Å². The molecule has 35 heavy (non-hydrogen) atoms. The lowest BCUT2D eigenvalue weighted by Crippen LogP contribution is -2.20. The summed E-state index contributed by atoms with van der Waals surface area (Å²) >= 11 is 0. The van der Waals surface area contributed by atoms with E-state index in [2.05, 4.69) is 20.0 Å². The number of nitrogens with one attached hydrogen (secondary N) is 1. The van der Waals surface area contributed by atoms with Crippen molar-refractivity contribution in [2.75, 3.05) is 11.9 Å². The molecule has 0 unspecified atom stereocenters. The van der Waals surface area contributed by atoms with Crippen LogP contribution in [0.15, 0.2) is 49.2 Å². The van der Waals surface area contributed by atoms with Crippen LogP contribution in [0.2, 0.25) is 0 Å². The number of anilines is 1. The minimum Gasteiger partial charge on any atom is -0.403 e. The Morgan fingerprint density at radius 3 is 2.77 bits per heavy atom. The number of alkyl halides is 3. The van der Waals surface area contributed by atoms with Gasteiger partial charge in [-0.3, -0.25) is 4.79 Å². The molecule has 2 aromatic heterocycles. The van der Waals surface area contributed by atoms with E-state index < -0.39 is 24.0 Å². The lowest BCUT2D eigenvalue weighted by Gasteiger charge is -2.15. The lowest BCUT2D eigenvalue weighted by molar-refractivity contribution is -0.275. The van der Waals surface area contributed by atoms with Crippen LogP contribution in [0.1, 0.15) is 34.3 Å². The number of ether oxygens (including phenoxy) is 1. The van der Waals surface area contributed by atoms with Gasteiger partial charge in [-0.1, -0.05) is 6.07 Å². The van der Waals surface area contributed by atoms with Crippen LogP contribution in [0.25, 0.3) is 0 Å². The molecule has 1 aliphatic rings. The van der Waals surface area contributed by atoms with Crippen molar-refractivity contribution >= 4 is 11.6 Å². The normalized spacial score (nSPS) is 20.1. The highest BCUT2D eigenvalue weighted by molar-refractivity contribution is 6.11. The number of rotatable bonds is 8. The summed E-state index contributed by atoms with van der Waals surface area (Å²) in [5.41, 5.74) is 0.829. The molecule has 2 heterocycles. The molecule has 186 valence electrons. The second-order valence-corrected chi connectivity index (χ2v) is 8.32. The van der Waals surface area contributed by atoms with Crippen molar-refractivity contribution in [3.63, 3.8) is 0 Å². The fraction of sp³-hybridized carbons (Fsp3) is 0.348. The summed E-state index contributed by atoms with van der Waals surface area (Å²) in [4.78, 5) is 21.2. The van der Waals surface area contributed by atoms with E-state index in [1.807, 2.05) is 0 Å². The smallest absolute Gasteiger partial charge is 0.403 e. The molecule has 0 bridgehead atoms. The van der Waals surface area contributed by atoms with Crippen LogP contribution < -0.4 is 10.1 Å². The quantitative estimate of drug-likeness (QED) is 0.326. The molecule has 12 heteroatoms. The largest absolute Gasteiger partial charge is 0.573 e. The first kappa shape index (κ1) is 24.6. The van der Waals surface area contributed by atoms with E-state index in [9.17, 15) is 32.6 Å². The summed E-state index contributed by atoms with van der Waals surface area (Å²) in [6.45, 7) is -0.0685. The first-order valence-electron chi connectivity index (χ1n) is 10.7. The van der Waals surface area contributed by atoms with Crippen LogP contribution in [-0.2, 0) is 6.54 Å². The molecule has 0 radical (unpaired) electrons. The number of aliphatic hydroxyl groups excluding tert-OH is 2. The SMILES string of the molecule is O=C(c1ccn(Cc2ccc(F)c(OC(F)(F)F)c2)c1)c1cncnc1N[C@@H]1C[C@H](CO)[C@@H](O)C1. The predicted octanol–water partition coefficient (Wildman–Crippen LogP) is 3.14. The van der Waals surface area contributed by atoms with Crippen molar-refractivity contribution in [3.8, 4) is 5.75 Å². The Balaban J connectivity index is 1.48. The van der Waals surface area contributed by atoms with Crippen molar-refractivity contribution in [1.29, 1.82) is 0 Å². The number of carbonyl (C=O) groups excluding carboxylic acids is 1. The number of benzene rings is 1. The van der Waals surface area contributed by atoms with E-state index in [4.69, 9.17) is 0 Å². The molecule has 3 aromatic rings. The van der Waals surface area contributed by atoms with Gasteiger partial charge in [0.25, 0.3) is 0 Å². The minimum absolute atomic E-state index is 0.0701. The van der Waals surface area contributed by atoms with E-state index in [-0.39, 0.29) is 42.0 Å². The lowest BCUT2D eigenvalue weighted by atomic mass is 10.1. The number of nitrogens with zero attached hydrogens (tertiary/aromatic N) is 3. The molecule has 0 aliphatic heterocycles. The average Bonchev–Trinajstić information content (AvgIpc) is 3.41. The van der Waals surface area contributed by atoms with Gasteiger partial charge in [0.05, 0.1) is 11.7 Å². The third-order valence-electron chi connectivity index (χ3n) is 5.79.